The average Bonchev–Trinajstić information content (AvgIpc) is 2.46. The molecule has 0 heterocycles. The van der Waals surface area contributed by atoms with E-state index in [9.17, 15) is 0 Å². The van der Waals surface area contributed by atoms with Crippen LogP contribution in [0.2, 0.25) is 0 Å². The van der Waals surface area contributed by atoms with Gasteiger partial charge in [-0.15, -0.1) is 13.2 Å². The molecule has 0 saturated carbocycles. The first-order valence-corrected chi connectivity index (χ1v) is 7.11. The number of benzene rings is 1. The van der Waals surface area contributed by atoms with Gasteiger partial charge in [0, 0.05) is 0 Å². The summed E-state index contributed by atoms with van der Waals surface area (Å²) in [4.78, 5) is 0. The molecule has 0 saturated heterocycles. The smallest absolute Gasteiger partial charge is 0.119 e. The van der Waals surface area contributed by atoms with Crippen LogP contribution in [0.15, 0.2) is 43.5 Å². The topological polar surface area (TPSA) is 9.23 Å². The minimum atomic E-state index is 0.542. The van der Waals surface area contributed by atoms with Crippen LogP contribution >= 0.6 is 0 Å². The molecule has 0 spiro atoms. The lowest BCUT2D eigenvalue weighted by atomic mass is 9.71. The Morgan fingerprint density at radius 1 is 1.42 bits per heavy atom. The molecule has 1 nitrogen and oxygen atoms in total. The second kappa shape index (κ2) is 6.10. The SMILES string of the molecule is C=CC(C)C[C@@H]1c2ccc(OC)cc2CC[C@H]1C=C. The van der Waals surface area contributed by atoms with Gasteiger partial charge in [-0.3, -0.25) is 0 Å². The molecule has 2 rings (SSSR count). The molecule has 102 valence electrons. The number of rotatable bonds is 5. The predicted molar refractivity (Wildman–Crippen MR) is 81.7 cm³/mol. The molecule has 0 aliphatic heterocycles. The van der Waals surface area contributed by atoms with Crippen molar-refractivity contribution in [3.8, 4) is 5.75 Å². The molecule has 19 heavy (non-hydrogen) atoms. The van der Waals surface area contributed by atoms with Crippen LogP contribution in [0.5, 0.6) is 5.75 Å². The van der Waals surface area contributed by atoms with Crippen molar-refractivity contribution >= 4 is 0 Å². The molecule has 1 heteroatoms. The number of ether oxygens (including phenoxy) is 1. The van der Waals surface area contributed by atoms with E-state index < -0.39 is 0 Å². The minimum absolute atomic E-state index is 0.542. The van der Waals surface area contributed by atoms with Crippen LogP contribution in [0, 0.1) is 11.8 Å². The van der Waals surface area contributed by atoms with Crippen LogP contribution in [0.1, 0.15) is 36.8 Å². The standard InChI is InChI=1S/C18H24O/c1-5-13(3)11-18-14(6-2)7-8-15-12-16(19-4)9-10-17(15)18/h5-6,9-10,12-14,18H,1-2,7-8,11H2,3-4H3/t13?,14-,18+/m1/s1. The Hall–Kier alpha value is -1.50. The van der Waals surface area contributed by atoms with Gasteiger partial charge in [0.05, 0.1) is 7.11 Å². The van der Waals surface area contributed by atoms with Gasteiger partial charge in [0.25, 0.3) is 0 Å². The van der Waals surface area contributed by atoms with Crippen molar-refractivity contribution in [1.29, 1.82) is 0 Å². The van der Waals surface area contributed by atoms with Crippen molar-refractivity contribution in [1.82, 2.24) is 0 Å². The molecule has 1 unspecified atom stereocenters. The zero-order valence-electron chi connectivity index (χ0n) is 12.1. The van der Waals surface area contributed by atoms with Crippen molar-refractivity contribution in [2.24, 2.45) is 11.8 Å². The van der Waals surface area contributed by atoms with Gasteiger partial charge in [0.1, 0.15) is 5.75 Å². The molecule has 0 radical (unpaired) electrons. The Morgan fingerprint density at radius 3 is 2.84 bits per heavy atom. The fourth-order valence-corrected chi connectivity index (χ4v) is 3.12. The molecular formula is C18H24O. The highest BCUT2D eigenvalue weighted by Crippen LogP contribution is 2.41. The van der Waals surface area contributed by atoms with E-state index in [0.29, 0.717) is 17.8 Å². The highest BCUT2D eigenvalue weighted by atomic mass is 16.5. The van der Waals surface area contributed by atoms with E-state index in [2.05, 4.69) is 50.4 Å². The fraction of sp³-hybridized carbons (Fsp3) is 0.444. The lowest BCUT2D eigenvalue weighted by molar-refractivity contribution is 0.386. The first kappa shape index (κ1) is 13.9. The Bertz CT molecular complexity index is 461. The highest BCUT2D eigenvalue weighted by Gasteiger charge is 2.28. The second-order valence-electron chi connectivity index (χ2n) is 5.56. The third-order valence-corrected chi connectivity index (χ3v) is 4.34. The van der Waals surface area contributed by atoms with Crippen LogP contribution in [0.25, 0.3) is 0 Å². The van der Waals surface area contributed by atoms with Crippen molar-refractivity contribution in [2.75, 3.05) is 7.11 Å². The lowest BCUT2D eigenvalue weighted by Gasteiger charge is -2.33. The second-order valence-corrected chi connectivity index (χ2v) is 5.56. The third kappa shape index (κ3) is 2.91. The van der Waals surface area contributed by atoms with Crippen molar-refractivity contribution in [3.63, 3.8) is 0 Å². The molecule has 1 aliphatic rings. The Morgan fingerprint density at radius 2 is 2.21 bits per heavy atom. The summed E-state index contributed by atoms with van der Waals surface area (Å²) in [7, 11) is 1.73. The largest absolute Gasteiger partial charge is 0.497 e. The number of allylic oxidation sites excluding steroid dienone is 2. The van der Waals surface area contributed by atoms with E-state index in [-0.39, 0.29) is 0 Å². The Balaban J connectivity index is 2.33. The van der Waals surface area contributed by atoms with Gasteiger partial charge in [0.2, 0.25) is 0 Å². The van der Waals surface area contributed by atoms with E-state index in [1.165, 1.54) is 17.5 Å². The monoisotopic (exact) mass is 256 g/mol. The summed E-state index contributed by atoms with van der Waals surface area (Å²) in [6.07, 6.45) is 7.66. The fourth-order valence-electron chi connectivity index (χ4n) is 3.12. The van der Waals surface area contributed by atoms with Gasteiger partial charge >= 0.3 is 0 Å². The van der Waals surface area contributed by atoms with Crippen molar-refractivity contribution in [2.45, 2.75) is 32.1 Å². The molecule has 1 aliphatic carbocycles. The normalized spacial score (nSPS) is 23.3. The number of hydrogen-bond acceptors (Lipinski definition) is 1. The summed E-state index contributed by atoms with van der Waals surface area (Å²) < 4.78 is 5.33. The summed E-state index contributed by atoms with van der Waals surface area (Å²) in [6.45, 7) is 10.2. The van der Waals surface area contributed by atoms with Crippen LogP contribution < -0.4 is 4.74 Å². The summed E-state index contributed by atoms with van der Waals surface area (Å²) in [6, 6.07) is 6.51. The summed E-state index contributed by atoms with van der Waals surface area (Å²) in [5.74, 6) is 2.66. The number of aryl methyl sites for hydroxylation is 1. The van der Waals surface area contributed by atoms with Crippen molar-refractivity contribution in [3.05, 3.63) is 54.6 Å². The molecule has 0 fully saturated rings. The molecule has 3 atom stereocenters. The quantitative estimate of drug-likeness (QED) is 0.691. The van der Waals surface area contributed by atoms with Crippen LogP contribution in [0.4, 0.5) is 0 Å². The average molecular weight is 256 g/mol. The van der Waals surface area contributed by atoms with E-state index in [1.54, 1.807) is 7.11 Å². The van der Waals surface area contributed by atoms with Gasteiger partial charge in [-0.2, -0.15) is 0 Å². The van der Waals surface area contributed by atoms with Gasteiger partial charge in [-0.05, 0) is 60.3 Å². The van der Waals surface area contributed by atoms with Crippen LogP contribution in [-0.4, -0.2) is 7.11 Å². The summed E-state index contributed by atoms with van der Waals surface area (Å²) in [5, 5.41) is 0. The van der Waals surface area contributed by atoms with Gasteiger partial charge in [-0.1, -0.05) is 25.1 Å². The molecule has 0 aromatic heterocycles. The number of fused-ring (bicyclic) bond motifs is 1. The lowest BCUT2D eigenvalue weighted by Crippen LogP contribution is -2.21. The molecule has 0 amide bonds. The highest BCUT2D eigenvalue weighted by molar-refractivity contribution is 5.40. The predicted octanol–water partition coefficient (Wildman–Crippen LogP) is 4.74. The summed E-state index contributed by atoms with van der Waals surface area (Å²) >= 11 is 0. The summed E-state index contributed by atoms with van der Waals surface area (Å²) in [5.41, 5.74) is 2.92. The Kier molecular flexibility index (Phi) is 4.47. The van der Waals surface area contributed by atoms with E-state index in [0.717, 1.165) is 18.6 Å². The van der Waals surface area contributed by atoms with Gasteiger partial charge < -0.3 is 4.74 Å². The molecular weight excluding hydrogens is 232 g/mol. The first-order chi connectivity index (χ1) is 9.19. The maximum Gasteiger partial charge on any atom is 0.119 e. The Labute approximate surface area is 117 Å². The zero-order valence-corrected chi connectivity index (χ0v) is 12.1. The molecule has 1 aromatic rings. The molecule has 0 bridgehead atoms. The molecule has 0 N–H and O–H groups in total. The van der Waals surface area contributed by atoms with E-state index in [1.807, 2.05) is 0 Å². The van der Waals surface area contributed by atoms with E-state index in [4.69, 9.17) is 4.74 Å². The van der Waals surface area contributed by atoms with Crippen molar-refractivity contribution < 1.29 is 4.74 Å². The maximum atomic E-state index is 5.33. The maximum absolute atomic E-state index is 5.33. The first-order valence-electron chi connectivity index (χ1n) is 7.11. The van der Waals surface area contributed by atoms with Crippen LogP contribution in [-0.2, 0) is 6.42 Å². The van der Waals surface area contributed by atoms with E-state index >= 15 is 0 Å². The third-order valence-electron chi connectivity index (χ3n) is 4.34. The van der Waals surface area contributed by atoms with Gasteiger partial charge in [0.15, 0.2) is 0 Å². The minimum Gasteiger partial charge on any atom is -0.497 e. The number of methoxy groups -OCH3 is 1. The zero-order chi connectivity index (χ0) is 13.8. The molecule has 1 aromatic carbocycles. The number of hydrogen-bond donors (Lipinski definition) is 0. The van der Waals surface area contributed by atoms with Crippen LogP contribution in [0.3, 0.4) is 0 Å². The van der Waals surface area contributed by atoms with Gasteiger partial charge in [-0.25, -0.2) is 0 Å².